The van der Waals surface area contributed by atoms with Gasteiger partial charge in [0.15, 0.2) is 0 Å². The first-order valence-corrected chi connectivity index (χ1v) is 9.07. The van der Waals surface area contributed by atoms with Gasteiger partial charge in [-0.05, 0) is 18.9 Å². The maximum Gasteiger partial charge on any atom is 0.225 e. The predicted octanol–water partition coefficient (Wildman–Crippen LogP) is 1.46. The van der Waals surface area contributed by atoms with Crippen molar-refractivity contribution in [2.24, 2.45) is 5.92 Å². The van der Waals surface area contributed by atoms with Crippen molar-refractivity contribution in [1.82, 2.24) is 9.21 Å². The Hall–Kier alpha value is -1.47. The number of halogens is 1. The Kier molecular flexibility index (Phi) is 5.18. The Morgan fingerprint density at radius 3 is 2.45 bits per heavy atom. The van der Waals surface area contributed by atoms with E-state index >= 15 is 0 Å². The molecule has 1 aliphatic heterocycles. The number of hydrogen-bond acceptors (Lipinski definition) is 3. The summed E-state index contributed by atoms with van der Waals surface area (Å²) in [5.74, 6) is -0.583. The number of carbonyl (C=O) groups is 1. The third-order valence-electron chi connectivity index (χ3n) is 4.01. The molecule has 0 aromatic heterocycles. The van der Waals surface area contributed by atoms with Gasteiger partial charge in [-0.3, -0.25) is 4.79 Å². The summed E-state index contributed by atoms with van der Waals surface area (Å²) in [6, 6.07) is 6.38. The van der Waals surface area contributed by atoms with Crippen molar-refractivity contribution in [2.45, 2.75) is 19.4 Å². The number of carbonyl (C=O) groups excluding carboxylic acids is 1. The van der Waals surface area contributed by atoms with Crippen molar-refractivity contribution in [1.29, 1.82) is 0 Å². The lowest BCUT2D eigenvalue weighted by atomic mass is 9.96. The van der Waals surface area contributed by atoms with E-state index in [1.165, 1.54) is 21.5 Å². The Bertz CT molecular complexity index is 640. The molecule has 0 atom stereocenters. The summed E-state index contributed by atoms with van der Waals surface area (Å²) >= 11 is 0. The first-order valence-electron chi connectivity index (χ1n) is 7.22. The molecule has 122 valence electrons. The van der Waals surface area contributed by atoms with E-state index in [0.29, 0.717) is 31.5 Å². The number of nitrogens with zero attached hydrogens (tertiary/aromatic N) is 2. The quantitative estimate of drug-likeness (QED) is 0.841. The summed E-state index contributed by atoms with van der Waals surface area (Å²) in [6.45, 7) is 0.948. The summed E-state index contributed by atoms with van der Waals surface area (Å²) in [4.78, 5) is 13.9. The van der Waals surface area contributed by atoms with Gasteiger partial charge in [-0.25, -0.2) is 17.1 Å². The van der Waals surface area contributed by atoms with Gasteiger partial charge in [-0.2, -0.15) is 0 Å². The lowest BCUT2D eigenvalue weighted by Crippen LogP contribution is -2.43. The summed E-state index contributed by atoms with van der Waals surface area (Å²) in [5.41, 5.74) is 0.479. The molecule has 1 aromatic carbocycles. The van der Waals surface area contributed by atoms with Crippen LogP contribution in [0.5, 0.6) is 0 Å². The van der Waals surface area contributed by atoms with E-state index in [0.717, 1.165) is 0 Å². The molecule has 1 saturated heterocycles. The van der Waals surface area contributed by atoms with Crippen LogP contribution >= 0.6 is 0 Å². The van der Waals surface area contributed by atoms with Crippen LogP contribution in [0, 0.1) is 11.7 Å². The number of amides is 1. The average Bonchev–Trinajstić information content (AvgIpc) is 2.48. The topological polar surface area (TPSA) is 57.7 Å². The molecule has 0 bridgehead atoms. The zero-order valence-corrected chi connectivity index (χ0v) is 13.6. The average molecular weight is 328 g/mol. The second-order valence-corrected chi connectivity index (χ2v) is 7.70. The lowest BCUT2D eigenvalue weighted by molar-refractivity contribution is -0.135. The summed E-state index contributed by atoms with van der Waals surface area (Å²) in [7, 11) is -1.54. The van der Waals surface area contributed by atoms with Crippen molar-refractivity contribution in [3.05, 3.63) is 35.6 Å². The van der Waals surface area contributed by atoms with Gasteiger partial charge in [0, 0.05) is 38.2 Å². The SMILES string of the molecule is CN(Cc1ccccc1F)C(=O)C1CCN(S(C)(=O)=O)CC1. The van der Waals surface area contributed by atoms with E-state index in [1.807, 2.05) is 0 Å². The van der Waals surface area contributed by atoms with Gasteiger partial charge in [0.1, 0.15) is 5.82 Å². The minimum atomic E-state index is -3.19. The van der Waals surface area contributed by atoms with Crippen molar-refractivity contribution in [3.8, 4) is 0 Å². The van der Waals surface area contributed by atoms with Crippen LogP contribution < -0.4 is 0 Å². The van der Waals surface area contributed by atoms with E-state index in [2.05, 4.69) is 0 Å². The fraction of sp³-hybridized carbons (Fsp3) is 0.533. The third-order valence-corrected chi connectivity index (χ3v) is 5.32. The Balaban J connectivity index is 1.94. The van der Waals surface area contributed by atoms with Crippen LogP contribution in [0.1, 0.15) is 18.4 Å². The predicted molar refractivity (Wildman–Crippen MR) is 82.0 cm³/mol. The molecule has 0 radical (unpaired) electrons. The van der Waals surface area contributed by atoms with Crippen LogP contribution in [0.4, 0.5) is 4.39 Å². The van der Waals surface area contributed by atoms with Crippen LogP contribution in [-0.4, -0.2) is 49.9 Å². The minimum Gasteiger partial charge on any atom is -0.341 e. The first-order chi connectivity index (χ1) is 10.3. The van der Waals surface area contributed by atoms with Crippen LogP contribution in [0.2, 0.25) is 0 Å². The molecule has 2 rings (SSSR count). The molecule has 1 aliphatic rings. The molecule has 1 aromatic rings. The minimum absolute atomic E-state index is 0.0589. The fourth-order valence-corrected chi connectivity index (χ4v) is 3.58. The van der Waals surface area contributed by atoms with Crippen LogP contribution in [-0.2, 0) is 21.4 Å². The third kappa shape index (κ3) is 4.04. The summed E-state index contributed by atoms with van der Waals surface area (Å²) in [6.07, 6.45) is 2.19. The molecule has 0 saturated carbocycles. The smallest absolute Gasteiger partial charge is 0.225 e. The second-order valence-electron chi connectivity index (χ2n) is 5.72. The van der Waals surface area contributed by atoms with Gasteiger partial charge in [0.2, 0.25) is 15.9 Å². The van der Waals surface area contributed by atoms with E-state index in [-0.39, 0.29) is 24.2 Å². The maximum atomic E-state index is 13.6. The second kappa shape index (κ2) is 6.75. The number of rotatable bonds is 4. The fourth-order valence-electron chi connectivity index (χ4n) is 2.71. The van der Waals surface area contributed by atoms with Gasteiger partial charge in [0.05, 0.1) is 6.26 Å². The molecular formula is C15H21FN2O3S. The number of benzene rings is 1. The van der Waals surface area contributed by atoms with Crippen molar-refractivity contribution < 1.29 is 17.6 Å². The Morgan fingerprint density at radius 2 is 1.91 bits per heavy atom. The molecule has 7 heteroatoms. The van der Waals surface area contributed by atoms with Crippen molar-refractivity contribution in [2.75, 3.05) is 26.4 Å². The molecule has 0 N–H and O–H groups in total. The van der Waals surface area contributed by atoms with Gasteiger partial charge in [-0.1, -0.05) is 18.2 Å². The highest BCUT2D eigenvalue weighted by molar-refractivity contribution is 7.88. The van der Waals surface area contributed by atoms with E-state index in [9.17, 15) is 17.6 Å². The number of sulfonamides is 1. The molecule has 0 spiro atoms. The Labute approximate surface area is 130 Å². The van der Waals surface area contributed by atoms with E-state index in [4.69, 9.17) is 0 Å². The number of hydrogen-bond donors (Lipinski definition) is 0. The molecular weight excluding hydrogens is 307 g/mol. The van der Waals surface area contributed by atoms with Crippen molar-refractivity contribution >= 4 is 15.9 Å². The molecule has 1 amide bonds. The molecule has 1 heterocycles. The molecule has 5 nitrogen and oxygen atoms in total. The largest absolute Gasteiger partial charge is 0.341 e. The highest BCUT2D eigenvalue weighted by atomic mass is 32.2. The highest BCUT2D eigenvalue weighted by Crippen LogP contribution is 2.22. The standard InChI is InChI=1S/C15H21FN2O3S/c1-17(11-13-5-3-4-6-14(13)16)15(19)12-7-9-18(10-8-12)22(2,20)21/h3-6,12H,7-11H2,1-2H3. The Morgan fingerprint density at radius 1 is 1.32 bits per heavy atom. The summed E-state index contributed by atoms with van der Waals surface area (Å²) in [5, 5.41) is 0. The maximum absolute atomic E-state index is 13.6. The van der Waals surface area contributed by atoms with Gasteiger partial charge < -0.3 is 4.90 Å². The van der Waals surface area contributed by atoms with Crippen LogP contribution in [0.25, 0.3) is 0 Å². The van der Waals surface area contributed by atoms with E-state index in [1.54, 1.807) is 25.2 Å². The molecule has 0 unspecified atom stereocenters. The molecule has 0 aliphatic carbocycles. The molecule has 1 fully saturated rings. The normalized spacial score (nSPS) is 17.4. The number of piperidine rings is 1. The monoisotopic (exact) mass is 328 g/mol. The highest BCUT2D eigenvalue weighted by Gasteiger charge is 2.30. The van der Waals surface area contributed by atoms with Crippen LogP contribution in [0.15, 0.2) is 24.3 Å². The molecule has 22 heavy (non-hydrogen) atoms. The van der Waals surface area contributed by atoms with Crippen LogP contribution in [0.3, 0.4) is 0 Å². The lowest BCUT2D eigenvalue weighted by Gasteiger charge is -2.31. The van der Waals surface area contributed by atoms with Gasteiger partial charge in [-0.15, -0.1) is 0 Å². The van der Waals surface area contributed by atoms with Gasteiger partial charge in [0.25, 0.3) is 0 Å². The summed E-state index contributed by atoms with van der Waals surface area (Å²) < 4.78 is 38.0. The van der Waals surface area contributed by atoms with Gasteiger partial charge >= 0.3 is 0 Å². The first kappa shape index (κ1) is 16.9. The zero-order valence-electron chi connectivity index (χ0n) is 12.8. The van der Waals surface area contributed by atoms with Crippen molar-refractivity contribution in [3.63, 3.8) is 0 Å². The zero-order chi connectivity index (χ0) is 16.3. The van der Waals surface area contributed by atoms with E-state index < -0.39 is 10.0 Å².